The Morgan fingerprint density at radius 3 is 2.72 bits per heavy atom. The smallest absolute Gasteiger partial charge is 0.338 e. The van der Waals surface area contributed by atoms with Gasteiger partial charge in [-0.15, -0.1) is 0 Å². The fourth-order valence-electron chi connectivity index (χ4n) is 2.31. The summed E-state index contributed by atoms with van der Waals surface area (Å²) < 4.78 is 38.2. The second-order valence-corrected chi connectivity index (χ2v) is 4.81. The molecule has 1 saturated carbocycles. The second kappa shape index (κ2) is 3.73. The first-order chi connectivity index (χ1) is 8.47. The summed E-state index contributed by atoms with van der Waals surface area (Å²) in [7, 11) is 0. The molecule has 0 unspecified atom stereocenters. The van der Waals surface area contributed by atoms with Gasteiger partial charge in [-0.1, -0.05) is 0 Å². The first-order valence-electron chi connectivity index (χ1n) is 5.89. The van der Waals surface area contributed by atoms with E-state index >= 15 is 0 Å². The predicted octanol–water partition coefficient (Wildman–Crippen LogP) is 1.72. The molecule has 3 rings (SSSR count). The fourth-order valence-corrected chi connectivity index (χ4v) is 2.31. The third-order valence-corrected chi connectivity index (χ3v) is 3.44. The maximum atomic E-state index is 12.7. The number of amides is 1. The van der Waals surface area contributed by atoms with Gasteiger partial charge in [0.25, 0.3) is 0 Å². The van der Waals surface area contributed by atoms with Crippen LogP contribution in [0.25, 0.3) is 0 Å². The lowest BCUT2D eigenvalue weighted by Crippen LogP contribution is -2.37. The van der Waals surface area contributed by atoms with E-state index in [2.05, 4.69) is 10.2 Å². The van der Waals surface area contributed by atoms with Crippen LogP contribution in [0.5, 0.6) is 0 Å². The Bertz CT molecular complexity index is 490. The molecule has 4 nitrogen and oxygen atoms in total. The average Bonchev–Trinajstić information content (AvgIpc) is 3.05. The van der Waals surface area contributed by atoms with Gasteiger partial charge in [-0.25, -0.2) is 0 Å². The first kappa shape index (κ1) is 11.6. The number of nitrogens with zero attached hydrogens (tertiary/aromatic N) is 2. The zero-order valence-corrected chi connectivity index (χ0v) is 9.55. The van der Waals surface area contributed by atoms with E-state index in [1.54, 1.807) is 0 Å². The number of halogens is 3. The van der Waals surface area contributed by atoms with E-state index in [1.165, 1.54) is 4.90 Å². The molecule has 1 aromatic heterocycles. The fraction of sp³-hybridized carbons (Fsp3) is 0.636. The lowest BCUT2D eigenvalue weighted by atomic mass is 10.0. The Hall–Kier alpha value is -1.53. The molecule has 1 aliphatic carbocycles. The molecule has 2 aliphatic rings. The largest absolute Gasteiger partial charge is 0.435 e. The molecule has 1 amide bonds. The van der Waals surface area contributed by atoms with Crippen molar-refractivity contribution in [3.8, 4) is 0 Å². The van der Waals surface area contributed by atoms with Crippen molar-refractivity contribution in [2.24, 2.45) is 5.92 Å². The van der Waals surface area contributed by atoms with Crippen molar-refractivity contribution >= 4 is 5.91 Å². The summed E-state index contributed by atoms with van der Waals surface area (Å²) in [5.41, 5.74) is -0.254. The van der Waals surface area contributed by atoms with Crippen LogP contribution in [0.3, 0.4) is 0 Å². The molecular weight excluding hydrogens is 247 g/mol. The number of hydrogen-bond donors (Lipinski definition) is 1. The minimum atomic E-state index is -4.46. The molecule has 98 valence electrons. The number of H-pyrrole nitrogens is 1. The predicted molar refractivity (Wildman–Crippen MR) is 55.4 cm³/mol. The van der Waals surface area contributed by atoms with Crippen molar-refractivity contribution in [3.63, 3.8) is 0 Å². The van der Waals surface area contributed by atoms with E-state index in [9.17, 15) is 18.0 Å². The van der Waals surface area contributed by atoms with E-state index in [0.717, 1.165) is 12.8 Å². The molecule has 0 aromatic carbocycles. The molecule has 7 heteroatoms. The van der Waals surface area contributed by atoms with Gasteiger partial charge in [0.15, 0.2) is 5.69 Å². The first-order valence-corrected chi connectivity index (χ1v) is 5.89. The zero-order valence-electron chi connectivity index (χ0n) is 9.55. The number of fused-ring (bicyclic) bond motifs is 1. The highest BCUT2D eigenvalue weighted by molar-refractivity contribution is 5.81. The molecule has 0 atom stereocenters. The van der Waals surface area contributed by atoms with Crippen LogP contribution in [-0.2, 0) is 23.9 Å². The summed E-state index contributed by atoms with van der Waals surface area (Å²) in [5, 5.41) is 5.76. The van der Waals surface area contributed by atoms with Crippen LogP contribution < -0.4 is 0 Å². The highest BCUT2D eigenvalue weighted by atomic mass is 19.4. The number of carbonyl (C=O) groups is 1. The van der Waals surface area contributed by atoms with E-state index in [1.807, 2.05) is 0 Å². The topological polar surface area (TPSA) is 49.0 Å². The van der Waals surface area contributed by atoms with Gasteiger partial charge in [-0.3, -0.25) is 9.89 Å². The Kier molecular flexibility index (Phi) is 2.39. The molecule has 0 saturated heterocycles. The number of rotatable bonds is 1. The highest BCUT2D eigenvalue weighted by Gasteiger charge is 2.41. The molecule has 0 radical (unpaired) electrons. The van der Waals surface area contributed by atoms with Crippen LogP contribution in [0.2, 0.25) is 0 Å². The van der Waals surface area contributed by atoms with Crippen LogP contribution >= 0.6 is 0 Å². The molecule has 1 N–H and O–H groups in total. The summed E-state index contributed by atoms with van der Waals surface area (Å²) in [6.45, 7) is 0.498. The standard InChI is InChI=1S/C11H12F3N3O/c12-11(13,14)9-7-5-17(10(18)6-1-2-6)4-3-8(7)15-16-9/h6H,1-5H2,(H,15,16). The molecule has 1 aromatic rings. The molecule has 0 bridgehead atoms. The van der Waals surface area contributed by atoms with Gasteiger partial charge in [0.2, 0.25) is 5.91 Å². The lowest BCUT2D eigenvalue weighted by Gasteiger charge is -2.27. The minimum Gasteiger partial charge on any atom is -0.338 e. The average molecular weight is 259 g/mol. The molecule has 1 fully saturated rings. The number of hydrogen-bond acceptors (Lipinski definition) is 2. The Balaban J connectivity index is 1.86. The Morgan fingerprint density at radius 1 is 1.39 bits per heavy atom. The molecule has 0 spiro atoms. The van der Waals surface area contributed by atoms with E-state index in [4.69, 9.17) is 0 Å². The summed E-state index contributed by atoms with van der Waals surface area (Å²) in [6.07, 6.45) is -2.33. The Labute approximate surface area is 101 Å². The number of nitrogens with one attached hydrogen (secondary N) is 1. The maximum absolute atomic E-state index is 12.7. The maximum Gasteiger partial charge on any atom is 0.435 e. The van der Waals surface area contributed by atoms with Crippen LogP contribution in [0.1, 0.15) is 29.8 Å². The second-order valence-electron chi connectivity index (χ2n) is 4.81. The summed E-state index contributed by atoms with van der Waals surface area (Å²) in [4.78, 5) is 13.4. The van der Waals surface area contributed by atoms with Crippen LogP contribution in [-0.4, -0.2) is 27.5 Å². The summed E-state index contributed by atoms with van der Waals surface area (Å²) >= 11 is 0. The van der Waals surface area contributed by atoms with Gasteiger partial charge >= 0.3 is 6.18 Å². The summed E-state index contributed by atoms with van der Waals surface area (Å²) in [5.74, 6) is 0.0164. The number of carbonyl (C=O) groups excluding carboxylic acids is 1. The molecule has 1 aliphatic heterocycles. The van der Waals surface area contributed by atoms with Gasteiger partial charge in [0.05, 0.1) is 0 Å². The van der Waals surface area contributed by atoms with E-state index in [0.29, 0.717) is 18.7 Å². The minimum absolute atomic E-state index is 0.0185. The van der Waals surface area contributed by atoms with Crippen molar-refractivity contribution in [2.45, 2.75) is 32.0 Å². The quantitative estimate of drug-likeness (QED) is 0.834. The molecule has 18 heavy (non-hydrogen) atoms. The van der Waals surface area contributed by atoms with Gasteiger partial charge in [-0.2, -0.15) is 18.3 Å². The molecular formula is C11H12F3N3O. The third kappa shape index (κ3) is 1.87. The van der Waals surface area contributed by atoms with Crippen molar-refractivity contribution in [3.05, 3.63) is 17.0 Å². The van der Waals surface area contributed by atoms with Gasteiger partial charge in [0.1, 0.15) is 0 Å². The highest BCUT2D eigenvalue weighted by Crippen LogP contribution is 2.36. The normalized spacial score (nSPS) is 19.8. The van der Waals surface area contributed by atoms with Gasteiger partial charge in [0, 0.05) is 36.7 Å². The van der Waals surface area contributed by atoms with E-state index < -0.39 is 11.9 Å². The van der Waals surface area contributed by atoms with Crippen LogP contribution in [0, 0.1) is 5.92 Å². The summed E-state index contributed by atoms with van der Waals surface area (Å²) in [6, 6.07) is 0. The number of alkyl halides is 3. The number of aromatic amines is 1. The van der Waals surface area contributed by atoms with Crippen molar-refractivity contribution in [1.29, 1.82) is 0 Å². The van der Waals surface area contributed by atoms with Crippen LogP contribution in [0.4, 0.5) is 13.2 Å². The lowest BCUT2D eigenvalue weighted by molar-refractivity contribution is -0.143. The SMILES string of the molecule is O=C(C1CC1)N1CCc2[nH]nc(C(F)(F)F)c2C1. The van der Waals surface area contributed by atoms with Crippen LogP contribution in [0.15, 0.2) is 0 Å². The van der Waals surface area contributed by atoms with Crippen molar-refractivity contribution < 1.29 is 18.0 Å². The van der Waals surface area contributed by atoms with Crippen molar-refractivity contribution in [2.75, 3.05) is 6.54 Å². The Morgan fingerprint density at radius 2 is 2.11 bits per heavy atom. The van der Waals surface area contributed by atoms with E-state index in [-0.39, 0.29) is 23.9 Å². The molecule has 2 heterocycles. The third-order valence-electron chi connectivity index (χ3n) is 3.44. The zero-order chi connectivity index (χ0) is 12.9. The number of aromatic nitrogens is 2. The van der Waals surface area contributed by atoms with Crippen molar-refractivity contribution in [1.82, 2.24) is 15.1 Å². The van der Waals surface area contributed by atoms with Gasteiger partial charge in [-0.05, 0) is 12.8 Å². The van der Waals surface area contributed by atoms with Gasteiger partial charge < -0.3 is 4.90 Å². The monoisotopic (exact) mass is 259 g/mol.